The second kappa shape index (κ2) is 2.46. The third-order valence-corrected chi connectivity index (χ3v) is 2.51. The first kappa shape index (κ1) is 7.06. The quantitative estimate of drug-likeness (QED) is 0.503. The normalized spacial score (nSPS) is 31.0. The molecule has 0 aromatic heterocycles. The van der Waals surface area contributed by atoms with E-state index in [9.17, 15) is 4.79 Å². The minimum Gasteiger partial charge on any atom is -0.341 e. The molecule has 0 aromatic carbocycles. The van der Waals surface area contributed by atoms with Crippen LogP contribution >= 0.6 is 0 Å². The Bertz CT molecular complexity index is 179. The largest absolute Gasteiger partial charge is 0.341 e. The second-order valence-electron chi connectivity index (χ2n) is 3.22. The molecule has 2 heterocycles. The molecule has 2 aliphatic rings. The van der Waals surface area contributed by atoms with E-state index in [2.05, 4.69) is 0 Å². The molecule has 4 nitrogen and oxygen atoms in total. The van der Waals surface area contributed by atoms with Gasteiger partial charge < -0.3 is 4.90 Å². The van der Waals surface area contributed by atoms with Crippen LogP contribution in [0.5, 0.6) is 0 Å². The van der Waals surface area contributed by atoms with Gasteiger partial charge in [0.2, 0.25) is 5.91 Å². The van der Waals surface area contributed by atoms with E-state index in [1.54, 1.807) is 5.01 Å². The Labute approximate surface area is 65.9 Å². The minimum atomic E-state index is -0.00435. The summed E-state index contributed by atoms with van der Waals surface area (Å²) in [6.07, 6.45) is 2.09. The predicted octanol–water partition coefficient (Wildman–Crippen LogP) is -0.833. The summed E-state index contributed by atoms with van der Waals surface area (Å²) in [4.78, 5) is 13.3. The molecule has 4 heteroatoms. The Morgan fingerprint density at radius 1 is 1.36 bits per heavy atom. The highest BCUT2D eigenvalue weighted by Crippen LogP contribution is 2.18. The van der Waals surface area contributed by atoms with Crippen LogP contribution in [0.1, 0.15) is 12.8 Å². The zero-order valence-electron chi connectivity index (χ0n) is 6.49. The zero-order chi connectivity index (χ0) is 7.84. The van der Waals surface area contributed by atoms with E-state index < -0.39 is 0 Å². The third-order valence-electron chi connectivity index (χ3n) is 2.51. The van der Waals surface area contributed by atoms with Crippen molar-refractivity contribution >= 4 is 5.91 Å². The monoisotopic (exact) mass is 155 g/mol. The van der Waals surface area contributed by atoms with E-state index in [4.69, 9.17) is 5.84 Å². The van der Waals surface area contributed by atoms with Gasteiger partial charge in [0.25, 0.3) is 0 Å². The van der Waals surface area contributed by atoms with Gasteiger partial charge in [0.05, 0.1) is 0 Å². The van der Waals surface area contributed by atoms with Crippen LogP contribution in [0.2, 0.25) is 0 Å². The van der Waals surface area contributed by atoms with Crippen molar-refractivity contribution in [2.75, 3.05) is 19.6 Å². The fourth-order valence-corrected chi connectivity index (χ4v) is 1.42. The Morgan fingerprint density at radius 2 is 2.09 bits per heavy atom. The van der Waals surface area contributed by atoms with Crippen molar-refractivity contribution < 1.29 is 4.79 Å². The molecule has 11 heavy (non-hydrogen) atoms. The van der Waals surface area contributed by atoms with Crippen LogP contribution in [-0.2, 0) is 4.79 Å². The first-order valence-corrected chi connectivity index (χ1v) is 4.09. The molecule has 2 aliphatic heterocycles. The van der Waals surface area contributed by atoms with Crippen LogP contribution in [0.15, 0.2) is 0 Å². The van der Waals surface area contributed by atoms with E-state index in [0.29, 0.717) is 0 Å². The molecule has 0 aliphatic carbocycles. The van der Waals surface area contributed by atoms with Crippen molar-refractivity contribution in [3.05, 3.63) is 0 Å². The topological polar surface area (TPSA) is 49.6 Å². The summed E-state index contributed by atoms with van der Waals surface area (Å²) in [5.74, 6) is 5.75. The number of hydrogen-bond donors (Lipinski definition) is 1. The first-order chi connectivity index (χ1) is 5.29. The Kier molecular flexibility index (Phi) is 1.58. The van der Waals surface area contributed by atoms with Gasteiger partial charge in [-0.05, 0) is 12.8 Å². The molecule has 2 rings (SSSR count). The Balaban J connectivity index is 1.88. The van der Waals surface area contributed by atoms with Gasteiger partial charge >= 0.3 is 0 Å². The molecule has 2 N–H and O–H groups in total. The third kappa shape index (κ3) is 1.02. The average molecular weight is 155 g/mol. The van der Waals surface area contributed by atoms with Crippen LogP contribution in [0.4, 0.5) is 0 Å². The molecule has 0 bridgehead atoms. The number of nitrogens with zero attached hydrogens (tertiary/aromatic N) is 2. The van der Waals surface area contributed by atoms with Crippen molar-refractivity contribution in [1.82, 2.24) is 9.91 Å². The van der Waals surface area contributed by atoms with Gasteiger partial charge in [-0.15, -0.1) is 0 Å². The van der Waals surface area contributed by atoms with Crippen LogP contribution in [-0.4, -0.2) is 41.5 Å². The number of rotatable bonds is 1. The number of carbonyl (C=O) groups excluding carboxylic acids is 1. The lowest BCUT2D eigenvalue weighted by Gasteiger charge is -2.41. The molecular formula is C7H13N3O. The molecule has 62 valence electrons. The number of hydrogen-bond acceptors (Lipinski definition) is 3. The van der Waals surface area contributed by atoms with E-state index in [1.165, 1.54) is 0 Å². The number of nitrogens with two attached hydrogens (primary N) is 1. The lowest BCUT2D eigenvalue weighted by Crippen LogP contribution is -2.61. The summed E-state index contributed by atoms with van der Waals surface area (Å²) < 4.78 is 0. The smallest absolute Gasteiger partial charge is 0.241 e. The number of carbonyl (C=O) groups is 1. The highest BCUT2D eigenvalue weighted by molar-refractivity contribution is 5.83. The SMILES string of the molecule is NN1CCC1C(=O)N1CCC1. The summed E-state index contributed by atoms with van der Waals surface area (Å²) in [5.41, 5.74) is 0. The van der Waals surface area contributed by atoms with E-state index in [-0.39, 0.29) is 11.9 Å². The van der Waals surface area contributed by atoms with Gasteiger partial charge in [-0.3, -0.25) is 10.6 Å². The molecule has 1 atom stereocenters. The van der Waals surface area contributed by atoms with Crippen molar-refractivity contribution in [3.63, 3.8) is 0 Å². The van der Waals surface area contributed by atoms with Crippen LogP contribution in [0, 0.1) is 0 Å². The number of likely N-dealkylation sites (tertiary alicyclic amines) is 1. The van der Waals surface area contributed by atoms with Gasteiger partial charge in [0.1, 0.15) is 6.04 Å². The summed E-state index contributed by atoms with van der Waals surface area (Å²) >= 11 is 0. The van der Waals surface area contributed by atoms with E-state index >= 15 is 0 Å². The summed E-state index contributed by atoms with van der Waals surface area (Å²) in [5, 5.41) is 1.63. The summed E-state index contributed by atoms with van der Waals surface area (Å²) in [6, 6.07) is -0.00435. The fraction of sp³-hybridized carbons (Fsp3) is 0.857. The zero-order valence-corrected chi connectivity index (χ0v) is 6.49. The van der Waals surface area contributed by atoms with Gasteiger partial charge in [-0.1, -0.05) is 0 Å². The standard InChI is InChI=1S/C7H13N3O/c8-10-5-2-6(10)7(11)9-3-1-4-9/h6H,1-5,8H2. The average Bonchev–Trinajstić information content (AvgIpc) is 1.80. The van der Waals surface area contributed by atoms with Crippen molar-refractivity contribution in [3.8, 4) is 0 Å². The summed E-state index contributed by atoms with van der Waals surface area (Å²) in [7, 11) is 0. The van der Waals surface area contributed by atoms with E-state index in [1.807, 2.05) is 4.90 Å². The van der Waals surface area contributed by atoms with Crippen molar-refractivity contribution in [2.45, 2.75) is 18.9 Å². The summed E-state index contributed by atoms with van der Waals surface area (Å²) in [6.45, 7) is 2.73. The number of hydrazine groups is 1. The van der Waals surface area contributed by atoms with Crippen LogP contribution < -0.4 is 5.84 Å². The maximum atomic E-state index is 11.4. The molecule has 0 spiro atoms. The highest BCUT2D eigenvalue weighted by Gasteiger charge is 2.36. The van der Waals surface area contributed by atoms with Crippen molar-refractivity contribution in [2.24, 2.45) is 5.84 Å². The Hall–Kier alpha value is -0.610. The second-order valence-corrected chi connectivity index (χ2v) is 3.22. The molecule has 1 amide bonds. The van der Waals surface area contributed by atoms with Crippen LogP contribution in [0.3, 0.4) is 0 Å². The Morgan fingerprint density at radius 3 is 2.36 bits per heavy atom. The molecular weight excluding hydrogens is 142 g/mol. The maximum absolute atomic E-state index is 11.4. The van der Waals surface area contributed by atoms with Gasteiger partial charge in [-0.2, -0.15) is 0 Å². The molecule has 0 radical (unpaired) electrons. The predicted molar refractivity (Wildman–Crippen MR) is 40.5 cm³/mol. The van der Waals surface area contributed by atoms with E-state index in [0.717, 1.165) is 32.5 Å². The molecule has 2 saturated heterocycles. The van der Waals surface area contributed by atoms with Crippen molar-refractivity contribution in [1.29, 1.82) is 0 Å². The first-order valence-electron chi connectivity index (χ1n) is 4.09. The molecule has 2 fully saturated rings. The van der Waals surface area contributed by atoms with Gasteiger partial charge in [-0.25, -0.2) is 5.01 Å². The molecule has 1 unspecified atom stereocenters. The van der Waals surface area contributed by atoms with Crippen LogP contribution in [0.25, 0.3) is 0 Å². The number of amides is 1. The fourth-order valence-electron chi connectivity index (χ4n) is 1.42. The van der Waals surface area contributed by atoms with Gasteiger partial charge in [0, 0.05) is 19.6 Å². The lowest BCUT2D eigenvalue weighted by molar-refractivity contribution is -0.145. The maximum Gasteiger partial charge on any atom is 0.241 e. The highest BCUT2D eigenvalue weighted by atomic mass is 16.2. The minimum absolute atomic E-state index is 0.00435. The molecule has 0 aromatic rings. The molecule has 0 saturated carbocycles. The lowest BCUT2D eigenvalue weighted by atomic mass is 10.0. The van der Waals surface area contributed by atoms with Gasteiger partial charge in [0.15, 0.2) is 0 Å².